The number of benzene rings is 1. The third-order valence-corrected chi connectivity index (χ3v) is 5.44. The monoisotopic (exact) mass is 408 g/mol. The topological polar surface area (TPSA) is 87.8 Å². The molecule has 2 aliphatic rings. The summed E-state index contributed by atoms with van der Waals surface area (Å²) in [6.45, 7) is 4.42. The van der Waals surface area contributed by atoms with E-state index in [1.54, 1.807) is 15.9 Å². The molecule has 2 fully saturated rings. The smallest absolute Gasteiger partial charge is 0.264 e. The first kappa shape index (κ1) is 20.1. The molecule has 0 spiro atoms. The summed E-state index contributed by atoms with van der Waals surface area (Å²) in [7, 11) is 0. The molecule has 1 aromatic heterocycles. The van der Waals surface area contributed by atoms with Gasteiger partial charge in [-0.3, -0.25) is 9.59 Å². The molecule has 0 bridgehead atoms. The highest BCUT2D eigenvalue weighted by molar-refractivity contribution is 6.04. The highest BCUT2D eigenvalue weighted by Crippen LogP contribution is 2.24. The summed E-state index contributed by atoms with van der Waals surface area (Å²) in [6, 6.07) is 9.74. The van der Waals surface area contributed by atoms with E-state index in [9.17, 15) is 14.9 Å². The van der Waals surface area contributed by atoms with E-state index < -0.39 is 0 Å². The van der Waals surface area contributed by atoms with Crippen LogP contribution in [0.25, 0.3) is 17.0 Å². The third kappa shape index (κ3) is 4.22. The molecule has 2 amide bonds. The molecule has 8 heteroatoms. The van der Waals surface area contributed by atoms with E-state index in [0.717, 1.165) is 16.5 Å². The number of rotatable bonds is 4. The Morgan fingerprint density at radius 3 is 2.30 bits per heavy atom. The number of amides is 2. The van der Waals surface area contributed by atoms with Gasteiger partial charge in [0.15, 0.2) is 0 Å². The van der Waals surface area contributed by atoms with Gasteiger partial charge in [0, 0.05) is 48.8 Å². The van der Waals surface area contributed by atoms with Crippen LogP contribution in [0.1, 0.15) is 5.56 Å². The molecule has 2 aromatic rings. The number of carbonyl (C=O) groups excluding carboxylic acids is 2. The molecule has 0 unspecified atom stereocenters. The average molecular weight is 408 g/mol. The van der Waals surface area contributed by atoms with Gasteiger partial charge in [0.05, 0.1) is 26.4 Å². The van der Waals surface area contributed by atoms with Gasteiger partial charge in [-0.25, -0.2) is 0 Å². The molecule has 0 radical (unpaired) electrons. The quantitative estimate of drug-likeness (QED) is 0.562. The van der Waals surface area contributed by atoms with E-state index in [1.807, 2.05) is 41.1 Å². The molecule has 1 aromatic carbocycles. The molecule has 0 saturated carbocycles. The number of hydrogen-bond donors (Lipinski definition) is 0. The molecule has 8 nitrogen and oxygen atoms in total. The second kappa shape index (κ2) is 9.11. The fourth-order valence-electron chi connectivity index (χ4n) is 3.81. The highest BCUT2D eigenvalue weighted by Gasteiger charge is 2.22. The summed E-state index contributed by atoms with van der Waals surface area (Å²) >= 11 is 0. The lowest BCUT2D eigenvalue weighted by molar-refractivity contribution is -0.135. The van der Waals surface area contributed by atoms with E-state index in [2.05, 4.69) is 0 Å². The zero-order valence-corrected chi connectivity index (χ0v) is 16.7. The van der Waals surface area contributed by atoms with Crippen molar-refractivity contribution < 1.29 is 19.1 Å². The van der Waals surface area contributed by atoms with Crippen molar-refractivity contribution in [1.82, 2.24) is 14.4 Å². The lowest BCUT2D eigenvalue weighted by Crippen LogP contribution is -2.42. The zero-order valence-electron chi connectivity index (χ0n) is 16.7. The summed E-state index contributed by atoms with van der Waals surface area (Å²) in [5.41, 5.74) is 1.72. The first-order valence-electron chi connectivity index (χ1n) is 10.1. The van der Waals surface area contributed by atoms with Crippen molar-refractivity contribution in [3.63, 3.8) is 0 Å². The van der Waals surface area contributed by atoms with Gasteiger partial charge in [-0.2, -0.15) is 5.26 Å². The van der Waals surface area contributed by atoms with Gasteiger partial charge in [0.25, 0.3) is 5.91 Å². The number of ether oxygens (including phenoxy) is 2. The first-order valence-corrected chi connectivity index (χ1v) is 10.1. The van der Waals surface area contributed by atoms with Crippen LogP contribution in [0.3, 0.4) is 0 Å². The molecule has 3 heterocycles. The van der Waals surface area contributed by atoms with Crippen LogP contribution >= 0.6 is 0 Å². The summed E-state index contributed by atoms with van der Waals surface area (Å²) in [4.78, 5) is 28.9. The molecule has 156 valence electrons. The van der Waals surface area contributed by atoms with Crippen LogP contribution in [0.15, 0.2) is 36.0 Å². The standard InChI is InChI=1S/C22H24N4O4/c23-14-17(22(28)25-7-11-30-12-8-25)13-18-15-26(20-4-2-1-3-19(18)20)16-21(27)24-5-9-29-10-6-24/h1-4,13,15H,5-12,16H2/b17-13-. The second-order valence-electron chi connectivity index (χ2n) is 7.30. The minimum Gasteiger partial charge on any atom is -0.378 e. The van der Waals surface area contributed by atoms with Gasteiger partial charge in [-0.1, -0.05) is 18.2 Å². The molecule has 2 saturated heterocycles. The van der Waals surface area contributed by atoms with Crippen molar-refractivity contribution in [3.05, 3.63) is 41.6 Å². The van der Waals surface area contributed by atoms with Crippen LogP contribution in [0.2, 0.25) is 0 Å². The Morgan fingerprint density at radius 1 is 1.00 bits per heavy atom. The minimum absolute atomic E-state index is 0.0273. The number of nitrogens with zero attached hydrogens (tertiary/aromatic N) is 4. The molecule has 0 atom stereocenters. The second-order valence-corrected chi connectivity index (χ2v) is 7.30. The number of carbonyl (C=O) groups is 2. The summed E-state index contributed by atoms with van der Waals surface area (Å²) in [5.74, 6) is -0.262. The van der Waals surface area contributed by atoms with Gasteiger partial charge < -0.3 is 23.8 Å². The van der Waals surface area contributed by atoms with E-state index in [-0.39, 0.29) is 23.9 Å². The van der Waals surface area contributed by atoms with Crippen molar-refractivity contribution in [1.29, 1.82) is 5.26 Å². The largest absolute Gasteiger partial charge is 0.378 e. The maximum absolute atomic E-state index is 12.8. The zero-order chi connectivity index (χ0) is 20.9. The number of hydrogen-bond acceptors (Lipinski definition) is 5. The Labute approximate surface area is 174 Å². The number of para-hydroxylation sites is 1. The third-order valence-electron chi connectivity index (χ3n) is 5.44. The predicted molar refractivity (Wildman–Crippen MR) is 110 cm³/mol. The van der Waals surface area contributed by atoms with Gasteiger partial charge in [0.2, 0.25) is 5.91 Å². The molecular formula is C22H24N4O4. The molecule has 2 aliphatic heterocycles. The number of morpholine rings is 2. The van der Waals surface area contributed by atoms with Crippen LogP contribution in [-0.4, -0.2) is 78.8 Å². The Kier molecular flexibility index (Phi) is 6.12. The average Bonchev–Trinajstić information content (AvgIpc) is 3.15. The van der Waals surface area contributed by atoms with E-state index in [4.69, 9.17) is 9.47 Å². The predicted octanol–water partition coefficient (Wildman–Crippen LogP) is 1.27. The lowest BCUT2D eigenvalue weighted by atomic mass is 10.1. The van der Waals surface area contributed by atoms with Crippen molar-refractivity contribution in [2.45, 2.75) is 6.54 Å². The number of fused-ring (bicyclic) bond motifs is 1. The summed E-state index contributed by atoms with van der Waals surface area (Å²) in [6.07, 6.45) is 3.46. The highest BCUT2D eigenvalue weighted by atomic mass is 16.5. The Morgan fingerprint density at radius 2 is 1.63 bits per heavy atom. The van der Waals surface area contributed by atoms with Crippen LogP contribution in [0.4, 0.5) is 0 Å². The maximum Gasteiger partial charge on any atom is 0.264 e. The minimum atomic E-state index is -0.290. The van der Waals surface area contributed by atoms with Crippen molar-refractivity contribution >= 4 is 28.8 Å². The normalized spacial score (nSPS) is 17.8. The molecule has 0 N–H and O–H groups in total. The van der Waals surface area contributed by atoms with Crippen molar-refractivity contribution in [3.8, 4) is 6.07 Å². The Balaban J connectivity index is 1.62. The van der Waals surface area contributed by atoms with Gasteiger partial charge in [0.1, 0.15) is 18.2 Å². The van der Waals surface area contributed by atoms with Crippen LogP contribution < -0.4 is 0 Å². The molecular weight excluding hydrogens is 384 g/mol. The maximum atomic E-state index is 12.8. The van der Waals surface area contributed by atoms with Gasteiger partial charge in [-0.05, 0) is 12.1 Å². The van der Waals surface area contributed by atoms with Crippen LogP contribution in [0, 0.1) is 11.3 Å². The SMILES string of the molecule is N#C/C(=C/c1cn(CC(=O)N2CCOCC2)c2ccccc12)C(=O)N1CCOCC1. The van der Waals surface area contributed by atoms with Gasteiger partial charge in [-0.15, -0.1) is 0 Å². The lowest BCUT2D eigenvalue weighted by Gasteiger charge is -2.27. The molecule has 30 heavy (non-hydrogen) atoms. The molecule has 4 rings (SSSR count). The van der Waals surface area contributed by atoms with E-state index in [0.29, 0.717) is 52.6 Å². The van der Waals surface area contributed by atoms with Crippen LogP contribution in [0.5, 0.6) is 0 Å². The Hall–Kier alpha value is -3.15. The summed E-state index contributed by atoms with van der Waals surface area (Å²) in [5, 5.41) is 10.5. The van der Waals surface area contributed by atoms with E-state index in [1.165, 1.54) is 0 Å². The van der Waals surface area contributed by atoms with Crippen LogP contribution in [-0.2, 0) is 25.6 Å². The fraction of sp³-hybridized carbons (Fsp3) is 0.409. The summed E-state index contributed by atoms with van der Waals surface area (Å²) < 4.78 is 12.5. The first-order chi connectivity index (χ1) is 14.7. The number of aromatic nitrogens is 1. The van der Waals surface area contributed by atoms with E-state index >= 15 is 0 Å². The Bertz CT molecular complexity index is 1010. The number of nitriles is 1. The fourth-order valence-corrected chi connectivity index (χ4v) is 3.81. The van der Waals surface area contributed by atoms with Crippen molar-refractivity contribution in [2.24, 2.45) is 0 Å². The molecule has 0 aliphatic carbocycles. The van der Waals surface area contributed by atoms with Crippen molar-refractivity contribution in [2.75, 3.05) is 52.6 Å². The van der Waals surface area contributed by atoms with Gasteiger partial charge >= 0.3 is 0 Å².